The van der Waals surface area contributed by atoms with Gasteiger partial charge in [0.2, 0.25) is 0 Å². The van der Waals surface area contributed by atoms with Crippen molar-refractivity contribution >= 4 is 36.4 Å². The van der Waals surface area contributed by atoms with Crippen LogP contribution in [-0.4, -0.2) is 9.97 Å². The van der Waals surface area contributed by atoms with Gasteiger partial charge in [0.25, 0.3) is 0 Å². The van der Waals surface area contributed by atoms with Crippen molar-refractivity contribution in [2.45, 2.75) is 5.88 Å². The molecular weight excluding hydrogens is 194 g/mol. The molecule has 1 heterocycles. The van der Waals surface area contributed by atoms with Crippen molar-refractivity contribution in [1.82, 2.24) is 9.97 Å². The molecule has 5 heteroatoms. The second-order valence-electron chi connectivity index (χ2n) is 1.30. The molecule has 0 atom stereocenters. The topological polar surface area (TPSA) is 25.8 Å². The summed E-state index contributed by atoms with van der Waals surface area (Å²) in [6.45, 7) is 0. The standard InChI is InChI=1S/C5H5ClN2.2ClH/c6-4-5-7-2-1-3-8-5;;/h1-3H,4H2;2*1H. The zero-order valence-corrected chi connectivity index (χ0v) is 7.42. The molecule has 0 fully saturated rings. The van der Waals surface area contributed by atoms with Gasteiger partial charge in [-0.2, -0.15) is 0 Å². The van der Waals surface area contributed by atoms with E-state index in [4.69, 9.17) is 11.6 Å². The molecule has 0 N–H and O–H groups in total. The molecule has 0 bridgehead atoms. The number of hydrogen-bond acceptors (Lipinski definition) is 2. The van der Waals surface area contributed by atoms with Gasteiger partial charge in [-0.3, -0.25) is 0 Å². The fourth-order valence-electron chi connectivity index (χ4n) is 0.399. The largest absolute Gasteiger partial charge is 0.240 e. The Bertz CT molecular complexity index is 156. The van der Waals surface area contributed by atoms with E-state index in [9.17, 15) is 0 Å². The number of rotatable bonds is 1. The maximum absolute atomic E-state index is 5.40. The minimum atomic E-state index is 0. The van der Waals surface area contributed by atoms with Crippen LogP contribution >= 0.6 is 36.4 Å². The molecule has 0 aliphatic carbocycles. The normalized spacial score (nSPS) is 7.30. The van der Waals surface area contributed by atoms with Gasteiger partial charge in [-0.1, -0.05) is 0 Å². The summed E-state index contributed by atoms with van der Waals surface area (Å²) in [4.78, 5) is 7.71. The molecule has 1 rings (SSSR count). The summed E-state index contributed by atoms with van der Waals surface area (Å²) in [5.41, 5.74) is 0. The Morgan fingerprint density at radius 3 is 2.00 bits per heavy atom. The summed E-state index contributed by atoms with van der Waals surface area (Å²) in [5.74, 6) is 1.06. The lowest BCUT2D eigenvalue weighted by atomic mass is 10.6. The minimum absolute atomic E-state index is 0. The van der Waals surface area contributed by atoms with Crippen LogP contribution in [0.15, 0.2) is 18.5 Å². The summed E-state index contributed by atoms with van der Waals surface area (Å²) in [6.07, 6.45) is 3.34. The Labute approximate surface area is 76.8 Å². The molecule has 1 aromatic rings. The van der Waals surface area contributed by atoms with E-state index in [1.165, 1.54) is 0 Å². The molecule has 0 unspecified atom stereocenters. The lowest BCUT2D eigenvalue weighted by Gasteiger charge is -1.86. The maximum Gasteiger partial charge on any atom is 0.142 e. The first-order chi connectivity index (χ1) is 3.93. The van der Waals surface area contributed by atoms with Crippen molar-refractivity contribution in [3.63, 3.8) is 0 Å². The molecule has 2 nitrogen and oxygen atoms in total. The first kappa shape index (κ1) is 12.6. The van der Waals surface area contributed by atoms with Crippen LogP contribution in [0.3, 0.4) is 0 Å². The highest BCUT2D eigenvalue weighted by Crippen LogP contribution is 1.90. The van der Waals surface area contributed by atoms with Crippen molar-refractivity contribution in [1.29, 1.82) is 0 Å². The van der Waals surface area contributed by atoms with E-state index in [0.29, 0.717) is 11.7 Å². The lowest BCUT2D eigenvalue weighted by Crippen LogP contribution is -1.85. The van der Waals surface area contributed by atoms with Crippen molar-refractivity contribution in [2.75, 3.05) is 0 Å². The van der Waals surface area contributed by atoms with Gasteiger partial charge in [-0.25, -0.2) is 9.97 Å². The number of halogens is 3. The molecule has 0 aliphatic rings. The highest BCUT2D eigenvalue weighted by Gasteiger charge is 1.85. The lowest BCUT2D eigenvalue weighted by molar-refractivity contribution is 1.03. The first-order valence-corrected chi connectivity index (χ1v) is 2.79. The monoisotopic (exact) mass is 200 g/mol. The third-order valence-corrected chi connectivity index (χ3v) is 0.978. The molecule has 58 valence electrons. The molecule has 0 amide bonds. The van der Waals surface area contributed by atoms with Crippen LogP contribution in [0, 0.1) is 0 Å². The minimum Gasteiger partial charge on any atom is -0.240 e. The molecule has 0 saturated carbocycles. The van der Waals surface area contributed by atoms with Crippen molar-refractivity contribution in [3.05, 3.63) is 24.3 Å². The van der Waals surface area contributed by atoms with E-state index < -0.39 is 0 Å². The third-order valence-electron chi connectivity index (χ3n) is 0.739. The molecule has 0 aromatic carbocycles. The molecule has 10 heavy (non-hydrogen) atoms. The summed E-state index contributed by atoms with van der Waals surface area (Å²) in [6, 6.07) is 1.76. The van der Waals surface area contributed by atoms with Gasteiger partial charge in [-0.15, -0.1) is 36.4 Å². The van der Waals surface area contributed by atoms with Crippen LogP contribution in [0.5, 0.6) is 0 Å². The van der Waals surface area contributed by atoms with Crippen LogP contribution < -0.4 is 0 Å². The van der Waals surface area contributed by atoms with Gasteiger partial charge in [0.05, 0.1) is 5.88 Å². The average Bonchev–Trinajstić information content (AvgIpc) is 1.90. The van der Waals surface area contributed by atoms with E-state index in [1.54, 1.807) is 18.5 Å². The van der Waals surface area contributed by atoms with E-state index in [1.807, 2.05) is 0 Å². The molecule has 0 radical (unpaired) electrons. The third kappa shape index (κ3) is 3.88. The fraction of sp³-hybridized carbons (Fsp3) is 0.200. The zero-order chi connectivity index (χ0) is 5.82. The smallest absolute Gasteiger partial charge is 0.142 e. The highest BCUT2D eigenvalue weighted by molar-refractivity contribution is 6.16. The van der Waals surface area contributed by atoms with Gasteiger partial charge in [0, 0.05) is 12.4 Å². The molecule has 0 saturated heterocycles. The second kappa shape index (κ2) is 7.06. The summed E-state index contributed by atoms with van der Waals surface area (Å²) in [5, 5.41) is 0. The fourth-order valence-corrected chi connectivity index (χ4v) is 0.537. The van der Waals surface area contributed by atoms with Crippen molar-refractivity contribution in [3.8, 4) is 0 Å². The quantitative estimate of drug-likeness (QED) is 0.650. The number of alkyl halides is 1. The Hall–Kier alpha value is -0.0500. The van der Waals surface area contributed by atoms with Crippen LogP contribution in [0.2, 0.25) is 0 Å². The predicted molar refractivity (Wildman–Crippen MR) is 46.1 cm³/mol. The Morgan fingerprint density at radius 2 is 1.70 bits per heavy atom. The van der Waals surface area contributed by atoms with Crippen LogP contribution in [-0.2, 0) is 5.88 Å². The molecular formula is C5H7Cl3N2. The zero-order valence-electron chi connectivity index (χ0n) is 5.03. The summed E-state index contributed by atoms with van der Waals surface area (Å²) in [7, 11) is 0. The summed E-state index contributed by atoms with van der Waals surface area (Å²) >= 11 is 5.40. The number of nitrogens with zero attached hydrogens (tertiary/aromatic N) is 2. The molecule has 0 spiro atoms. The maximum atomic E-state index is 5.40. The van der Waals surface area contributed by atoms with E-state index in [2.05, 4.69) is 9.97 Å². The van der Waals surface area contributed by atoms with Gasteiger partial charge in [0.1, 0.15) is 5.82 Å². The highest BCUT2D eigenvalue weighted by atomic mass is 35.5. The van der Waals surface area contributed by atoms with Gasteiger partial charge >= 0.3 is 0 Å². The van der Waals surface area contributed by atoms with Crippen molar-refractivity contribution in [2.24, 2.45) is 0 Å². The Balaban J connectivity index is 0. The average molecular weight is 201 g/mol. The van der Waals surface area contributed by atoms with Crippen molar-refractivity contribution < 1.29 is 0 Å². The SMILES string of the molecule is Cl.Cl.ClCc1ncccn1. The molecule has 1 aromatic heterocycles. The van der Waals surface area contributed by atoms with Crippen LogP contribution in [0.4, 0.5) is 0 Å². The Kier molecular flexibility index (Phi) is 8.91. The Morgan fingerprint density at radius 1 is 1.20 bits per heavy atom. The molecule has 0 aliphatic heterocycles. The number of hydrogen-bond donors (Lipinski definition) is 0. The van der Waals surface area contributed by atoms with E-state index >= 15 is 0 Å². The first-order valence-electron chi connectivity index (χ1n) is 2.25. The van der Waals surface area contributed by atoms with Crippen LogP contribution in [0.1, 0.15) is 5.82 Å². The number of aromatic nitrogens is 2. The van der Waals surface area contributed by atoms with Gasteiger partial charge < -0.3 is 0 Å². The summed E-state index contributed by atoms with van der Waals surface area (Å²) < 4.78 is 0. The van der Waals surface area contributed by atoms with Gasteiger partial charge in [0.15, 0.2) is 0 Å². The van der Waals surface area contributed by atoms with Crippen LogP contribution in [0.25, 0.3) is 0 Å². The van der Waals surface area contributed by atoms with E-state index in [0.717, 1.165) is 0 Å². The van der Waals surface area contributed by atoms with E-state index in [-0.39, 0.29) is 24.8 Å². The van der Waals surface area contributed by atoms with Gasteiger partial charge in [-0.05, 0) is 6.07 Å². The predicted octanol–water partition coefficient (Wildman–Crippen LogP) is 2.06. The second-order valence-corrected chi connectivity index (χ2v) is 1.57.